The van der Waals surface area contributed by atoms with Gasteiger partial charge in [-0.15, -0.1) is 0 Å². The van der Waals surface area contributed by atoms with Crippen LogP contribution in [0.15, 0.2) is 42.5 Å². The van der Waals surface area contributed by atoms with E-state index in [1.165, 1.54) is 5.56 Å². The molecule has 1 saturated heterocycles. The minimum Gasteiger partial charge on any atom is -0.394 e. The van der Waals surface area contributed by atoms with Crippen molar-refractivity contribution >= 4 is 10.9 Å². The van der Waals surface area contributed by atoms with Crippen LogP contribution in [0.5, 0.6) is 5.75 Å². The lowest BCUT2D eigenvalue weighted by Crippen LogP contribution is -2.59. The molecular weight excluding hydrogens is 414 g/mol. The molecule has 32 heavy (non-hydrogen) atoms. The molecule has 5 N–H and O–H groups in total. The third-order valence-electron chi connectivity index (χ3n) is 6.01. The molecule has 4 rings (SSSR count). The molecule has 2 aromatic carbocycles. The topological polar surface area (TPSA) is 124 Å². The van der Waals surface area contributed by atoms with E-state index in [-0.39, 0.29) is 0 Å². The Morgan fingerprint density at radius 1 is 1.00 bits per heavy atom. The lowest BCUT2D eigenvalue weighted by Gasteiger charge is -2.38. The van der Waals surface area contributed by atoms with Gasteiger partial charge >= 0.3 is 0 Å². The Kier molecular flexibility index (Phi) is 6.80. The number of hydrogen-bond acceptors (Lipinski definition) is 7. The maximum Gasteiger partial charge on any atom is 0.188 e. The summed E-state index contributed by atoms with van der Waals surface area (Å²) < 4.78 is 5.12. The molecule has 8 nitrogen and oxygen atoms in total. The van der Waals surface area contributed by atoms with E-state index in [0.29, 0.717) is 12.2 Å². The van der Waals surface area contributed by atoms with E-state index >= 15 is 0 Å². The Balaban J connectivity index is 1.58. The predicted molar refractivity (Wildman–Crippen MR) is 117 cm³/mol. The number of H-pyrrole nitrogens is 1. The van der Waals surface area contributed by atoms with Gasteiger partial charge in [0.05, 0.1) is 6.61 Å². The van der Waals surface area contributed by atoms with Crippen LogP contribution in [-0.2, 0) is 22.5 Å². The van der Waals surface area contributed by atoms with Crippen molar-refractivity contribution < 1.29 is 34.9 Å². The number of aliphatic hydroxyl groups is 4. The zero-order valence-electron chi connectivity index (χ0n) is 18.1. The van der Waals surface area contributed by atoms with Crippen LogP contribution in [0.3, 0.4) is 0 Å². The molecule has 1 fully saturated rings. The van der Waals surface area contributed by atoms with Crippen LogP contribution < -0.4 is 4.89 Å². The van der Waals surface area contributed by atoms with Gasteiger partial charge in [0.15, 0.2) is 18.1 Å². The van der Waals surface area contributed by atoms with E-state index in [4.69, 9.17) is 14.5 Å². The van der Waals surface area contributed by atoms with Gasteiger partial charge in [-0.3, -0.25) is 0 Å². The van der Waals surface area contributed by atoms with E-state index in [9.17, 15) is 20.4 Å². The Labute approximate surface area is 185 Å². The van der Waals surface area contributed by atoms with E-state index in [2.05, 4.69) is 36.2 Å². The second-order valence-corrected chi connectivity index (χ2v) is 8.13. The van der Waals surface area contributed by atoms with Crippen LogP contribution in [0, 0.1) is 6.92 Å². The van der Waals surface area contributed by atoms with Gasteiger partial charge in [-0.1, -0.05) is 37.3 Å². The second-order valence-electron chi connectivity index (χ2n) is 8.13. The highest BCUT2D eigenvalue weighted by molar-refractivity contribution is 5.90. The molecule has 1 aliphatic rings. The number of nitrogens with one attached hydrogen (secondary N) is 1. The molecule has 0 spiro atoms. The third kappa shape index (κ3) is 4.38. The number of benzene rings is 2. The first-order valence-corrected chi connectivity index (χ1v) is 10.7. The van der Waals surface area contributed by atoms with Gasteiger partial charge in [-0.2, -0.15) is 4.89 Å². The maximum atomic E-state index is 10.3. The summed E-state index contributed by atoms with van der Waals surface area (Å²) in [6.07, 6.45) is -5.30. The van der Waals surface area contributed by atoms with Gasteiger partial charge in [-0.25, -0.2) is 0 Å². The van der Waals surface area contributed by atoms with Gasteiger partial charge in [0.1, 0.15) is 18.3 Å². The molecule has 3 aromatic rings. The number of hydrogen-bond donors (Lipinski definition) is 5. The van der Waals surface area contributed by atoms with Crippen molar-refractivity contribution in [3.63, 3.8) is 0 Å². The largest absolute Gasteiger partial charge is 0.394 e. The van der Waals surface area contributed by atoms with Crippen LogP contribution in [0.1, 0.15) is 29.3 Å². The van der Waals surface area contributed by atoms with Crippen molar-refractivity contribution in [3.8, 4) is 5.75 Å². The number of aromatic amines is 1. The molecule has 0 unspecified atom stereocenters. The highest BCUT2D eigenvalue weighted by Gasteiger charge is 2.45. The fourth-order valence-corrected chi connectivity index (χ4v) is 4.08. The zero-order chi connectivity index (χ0) is 22.8. The average Bonchev–Trinajstić information content (AvgIpc) is 3.12. The van der Waals surface area contributed by atoms with Gasteiger partial charge in [0.25, 0.3) is 0 Å². The first-order chi connectivity index (χ1) is 15.4. The van der Waals surface area contributed by atoms with Crippen molar-refractivity contribution in [2.24, 2.45) is 0 Å². The SMILES string of the molecule is CCc1ccc(Cc2c(C)[nH]c3cccc(OO[C@@H]4[C@@H](O)[C@H](O)[C@@H](CO)O[C@H]4O)c23)cc1. The highest BCUT2D eigenvalue weighted by Crippen LogP contribution is 2.34. The fourth-order valence-electron chi connectivity index (χ4n) is 4.08. The highest BCUT2D eigenvalue weighted by atomic mass is 17.2. The fraction of sp³-hybridized carbons (Fsp3) is 0.417. The molecule has 0 bridgehead atoms. The smallest absolute Gasteiger partial charge is 0.188 e. The molecule has 0 aliphatic carbocycles. The summed E-state index contributed by atoms with van der Waals surface area (Å²) in [6.45, 7) is 3.57. The molecule has 1 aromatic heterocycles. The summed E-state index contributed by atoms with van der Waals surface area (Å²) in [7, 11) is 0. The number of aliphatic hydroxyl groups excluding tert-OH is 4. The van der Waals surface area contributed by atoms with Crippen LogP contribution in [0.2, 0.25) is 0 Å². The van der Waals surface area contributed by atoms with Crippen LogP contribution >= 0.6 is 0 Å². The lowest BCUT2D eigenvalue weighted by atomic mass is 9.99. The Morgan fingerprint density at radius 3 is 2.41 bits per heavy atom. The van der Waals surface area contributed by atoms with Gasteiger partial charge < -0.3 is 35.0 Å². The molecular formula is C24H29NO7. The summed E-state index contributed by atoms with van der Waals surface area (Å²) in [5.74, 6) is 0.408. The maximum absolute atomic E-state index is 10.3. The van der Waals surface area contributed by atoms with Crippen molar-refractivity contribution in [3.05, 3.63) is 64.8 Å². The minimum atomic E-state index is -1.57. The molecule has 0 radical (unpaired) electrons. The van der Waals surface area contributed by atoms with E-state index in [1.54, 1.807) is 12.1 Å². The molecule has 5 atom stereocenters. The van der Waals surface area contributed by atoms with Gasteiger partial charge in [0.2, 0.25) is 0 Å². The Morgan fingerprint density at radius 2 is 1.72 bits per heavy atom. The summed E-state index contributed by atoms with van der Waals surface area (Å²) in [5, 5.41) is 40.5. The van der Waals surface area contributed by atoms with Crippen molar-refractivity contribution in [2.45, 2.75) is 57.4 Å². The van der Waals surface area contributed by atoms with Crippen LogP contribution in [-0.4, -0.2) is 62.7 Å². The van der Waals surface area contributed by atoms with Gasteiger partial charge in [0, 0.05) is 16.6 Å². The quantitative estimate of drug-likeness (QED) is 0.278. The monoisotopic (exact) mass is 443 g/mol. The van der Waals surface area contributed by atoms with Gasteiger partial charge in [-0.05, 0) is 48.6 Å². The summed E-state index contributed by atoms with van der Waals surface area (Å²) in [6, 6.07) is 13.9. The Hall–Kier alpha value is -2.46. The van der Waals surface area contributed by atoms with Crippen molar-refractivity contribution in [2.75, 3.05) is 6.61 Å². The summed E-state index contributed by atoms with van der Waals surface area (Å²) >= 11 is 0. The average molecular weight is 443 g/mol. The number of fused-ring (bicyclic) bond motifs is 1. The summed E-state index contributed by atoms with van der Waals surface area (Å²) in [4.78, 5) is 14.2. The molecule has 2 heterocycles. The standard InChI is InChI=1S/C24H29NO7/c1-3-14-7-9-15(10-8-14)11-16-13(2)25-17-5-4-6-18(20(16)17)31-32-23-22(28)21(27)19(12-26)30-24(23)29/h4-10,19,21-29H,3,11-12H2,1-2H3/t19-,21-,22+,23-,24-/m1/s1. The zero-order valence-corrected chi connectivity index (χ0v) is 18.1. The van der Waals surface area contributed by atoms with Crippen LogP contribution in [0.4, 0.5) is 0 Å². The number of aryl methyl sites for hydroxylation is 2. The summed E-state index contributed by atoms with van der Waals surface area (Å²) in [5.41, 5.74) is 5.35. The normalized spacial score (nSPS) is 25.9. The van der Waals surface area contributed by atoms with E-state index in [1.807, 2.05) is 13.0 Å². The molecule has 172 valence electrons. The predicted octanol–water partition coefficient (Wildman–Crippen LogP) is 1.74. The molecule has 1 aliphatic heterocycles. The minimum absolute atomic E-state index is 0.408. The van der Waals surface area contributed by atoms with E-state index in [0.717, 1.165) is 34.1 Å². The second kappa shape index (κ2) is 9.58. The number of ether oxygens (including phenoxy) is 1. The van der Waals surface area contributed by atoms with Crippen molar-refractivity contribution in [1.29, 1.82) is 0 Å². The first-order valence-electron chi connectivity index (χ1n) is 10.7. The van der Waals surface area contributed by atoms with Crippen molar-refractivity contribution in [1.82, 2.24) is 4.98 Å². The molecule has 0 amide bonds. The van der Waals surface area contributed by atoms with E-state index < -0.39 is 37.3 Å². The molecule has 8 heteroatoms. The number of aromatic nitrogens is 1. The van der Waals surface area contributed by atoms with Crippen LogP contribution in [0.25, 0.3) is 10.9 Å². The third-order valence-corrected chi connectivity index (χ3v) is 6.01. The molecule has 0 saturated carbocycles. The Bertz CT molecular complexity index is 1050. The number of rotatable bonds is 7. The first kappa shape index (κ1) is 22.7. The lowest BCUT2D eigenvalue weighted by molar-refractivity contribution is -0.364.